The average molecular weight is 265 g/mol. The molecule has 6 nitrogen and oxygen atoms in total. The van der Waals surface area contributed by atoms with Crippen LogP contribution >= 0.6 is 0 Å². The lowest BCUT2D eigenvalue weighted by Gasteiger charge is -1.98. The summed E-state index contributed by atoms with van der Waals surface area (Å²) < 4.78 is 5.26. The summed E-state index contributed by atoms with van der Waals surface area (Å²) in [6.07, 6.45) is 7.30. The van der Waals surface area contributed by atoms with Crippen LogP contribution in [0.2, 0.25) is 0 Å². The first-order chi connectivity index (χ1) is 9.77. The number of benzene rings is 1. The normalized spacial score (nSPS) is 15.2. The second-order valence-electron chi connectivity index (χ2n) is 4.74. The van der Waals surface area contributed by atoms with Crippen LogP contribution in [0.1, 0.15) is 24.3 Å². The van der Waals surface area contributed by atoms with Gasteiger partial charge < -0.3 is 4.52 Å². The zero-order valence-electron chi connectivity index (χ0n) is 10.7. The van der Waals surface area contributed by atoms with E-state index in [1.807, 2.05) is 24.3 Å². The third-order valence-corrected chi connectivity index (χ3v) is 3.39. The molecule has 1 aliphatic rings. The van der Waals surface area contributed by atoms with Crippen LogP contribution in [0.5, 0.6) is 0 Å². The van der Waals surface area contributed by atoms with Crippen molar-refractivity contribution in [3.05, 3.63) is 46.2 Å². The Bertz CT molecular complexity index is 715. The lowest BCUT2D eigenvalue weighted by molar-refractivity contribution is 0.366. The van der Waals surface area contributed by atoms with E-state index in [-0.39, 0.29) is 5.41 Å². The number of azide groups is 1. The summed E-state index contributed by atoms with van der Waals surface area (Å²) in [6, 6.07) is 7.47. The van der Waals surface area contributed by atoms with Crippen LogP contribution in [-0.4, -0.2) is 10.1 Å². The highest BCUT2D eigenvalue weighted by molar-refractivity contribution is 5.55. The number of aromatic nitrogens is 2. The third-order valence-electron chi connectivity index (χ3n) is 3.39. The molecule has 1 fully saturated rings. The molecule has 0 spiro atoms. The second-order valence-corrected chi connectivity index (χ2v) is 4.74. The number of hydrogen-bond donors (Lipinski definition) is 0. The van der Waals surface area contributed by atoms with E-state index in [2.05, 4.69) is 26.1 Å². The standard InChI is InChI=1S/C14H11N5O/c1-2-14(7-8-14)13-17-12(18-20-13)11-5-3-10(4-6-11)9-16-19-15/h1,3-6H,7-9H2. The second kappa shape index (κ2) is 4.72. The van der Waals surface area contributed by atoms with Gasteiger partial charge in [0.2, 0.25) is 11.7 Å². The number of rotatable bonds is 4. The highest BCUT2D eigenvalue weighted by Crippen LogP contribution is 2.46. The van der Waals surface area contributed by atoms with E-state index in [0.29, 0.717) is 18.3 Å². The van der Waals surface area contributed by atoms with E-state index >= 15 is 0 Å². The summed E-state index contributed by atoms with van der Waals surface area (Å²) in [5.41, 5.74) is 9.71. The zero-order valence-corrected chi connectivity index (χ0v) is 10.7. The summed E-state index contributed by atoms with van der Waals surface area (Å²) in [5.74, 6) is 3.77. The summed E-state index contributed by atoms with van der Waals surface area (Å²) in [7, 11) is 0. The van der Waals surface area contributed by atoms with Crippen molar-refractivity contribution in [2.75, 3.05) is 0 Å². The molecule has 0 atom stereocenters. The zero-order chi connectivity index (χ0) is 14.0. The molecule has 0 bridgehead atoms. The molecule has 0 N–H and O–H groups in total. The maximum atomic E-state index is 8.28. The molecule has 2 aromatic rings. The Hall–Kier alpha value is -2.77. The van der Waals surface area contributed by atoms with Crippen LogP contribution in [0.25, 0.3) is 21.8 Å². The molecular weight excluding hydrogens is 254 g/mol. The van der Waals surface area contributed by atoms with E-state index in [4.69, 9.17) is 16.5 Å². The highest BCUT2D eigenvalue weighted by atomic mass is 16.5. The molecule has 1 saturated carbocycles. The van der Waals surface area contributed by atoms with Gasteiger partial charge in [-0.2, -0.15) is 4.98 Å². The van der Waals surface area contributed by atoms with Crippen LogP contribution in [0.3, 0.4) is 0 Å². The minimum absolute atomic E-state index is 0.328. The van der Waals surface area contributed by atoms with Crippen molar-refractivity contribution >= 4 is 0 Å². The Morgan fingerprint density at radius 1 is 1.40 bits per heavy atom. The Kier molecular flexibility index (Phi) is 2.90. The van der Waals surface area contributed by atoms with Gasteiger partial charge in [0.25, 0.3) is 0 Å². The fourth-order valence-corrected chi connectivity index (χ4v) is 1.95. The smallest absolute Gasteiger partial charge is 0.245 e. The number of terminal acetylenes is 1. The number of hydrogen-bond acceptors (Lipinski definition) is 4. The first-order valence-corrected chi connectivity index (χ1v) is 6.19. The molecule has 1 aliphatic carbocycles. The largest absolute Gasteiger partial charge is 0.337 e. The van der Waals surface area contributed by atoms with Crippen molar-refractivity contribution in [3.63, 3.8) is 0 Å². The van der Waals surface area contributed by atoms with Gasteiger partial charge in [0, 0.05) is 10.5 Å². The van der Waals surface area contributed by atoms with Crippen molar-refractivity contribution in [1.82, 2.24) is 10.1 Å². The predicted molar refractivity (Wildman–Crippen MR) is 72.3 cm³/mol. The van der Waals surface area contributed by atoms with Crippen LogP contribution in [-0.2, 0) is 12.0 Å². The lowest BCUT2D eigenvalue weighted by atomic mass is 10.1. The number of nitrogens with zero attached hydrogens (tertiary/aromatic N) is 5. The van der Waals surface area contributed by atoms with Crippen molar-refractivity contribution in [2.45, 2.75) is 24.8 Å². The van der Waals surface area contributed by atoms with E-state index in [9.17, 15) is 0 Å². The summed E-state index contributed by atoms with van der Waals surface area (Å²) in [4.78, 5) is 7.10. The van der Waals surface area contributed by atoms with E-state index in [0.717, 1.165) is 24.0 Å². The Morgan fingerprint density at radius 2 is 2.15 bits per heavy atom. The molecule has 98 valence electrons. The first-order valence-electron chi connectivity index (χ1n) is 6.19. The van der Waals surface area contributed by atoms with Gasteiger partial charge in [0.1, 0.15) is 5.41 Å². The van der Waals surface area contributed by atoms with Crippen LogP contribution in [0, 0.1) is 12.3 Å². The van der Waals surface area contributed by atoms with E-state index in [1.165, 1.54) is 0 Å². The van der Waals surface area contributed by atoms with Crippen molar-refractivity contribution in [3.8, 4) is 23.7 Å². The summed E-state index contributed by atoms with van der Waals surface area (Å²) in [6.45, 7) is 0.328. The van der Waals surface area contributed by atoms with Gasteiger partial charge in [-0.25, -0.2) is 0 Å². The Morgan fingerprint density at radius 3 is 2.75 bits per heavy atom. The molecule has 0 unspecified atom stereocenters. The maximum absolute atomic E-state index is 8.28. The monoisotopic (exact) mass is 265 g/mol. The topological polar surface area (TPSA) is 87.7 Å². The quantitative estimate of drug-likeness (QED) is 0.368. The molecule has 20 heavy (non-hydrogen) atoms. The molecule has 1 aromatic heterocycles. The van der Waals surface area contributed by atoms with E-state index < -0.39 is 0 Å². The maximum Gasteiger partial charge on any atom is 0.245 e. The van der Waals surface area contributed by atoms with Crippen LogP contribution < -0.4 is 0 Å². The van der Waals surface area contributed by atoms with Gasteiger partial charge >= 0.3 is 0 Å². The molecule has 0 radical (unpaired) electrons. The first kappa shape index (κ1) is 12.3. The molecule has 1 aromatic carbocycles. The molecule has 3 rings (SSSR count). The van der Waals surface area contributed by atoms with Gasteiger partial charge in [-0.15, -0.1) is 6.42 Å². The molecule has 0 aliphatic heterocycles. The average Bonchev–Trinajstić information content (AvgIpc) is 3.15. The van der Waals surface area contributed by atoms with Crippen molar-refractivity contribution < 1.29 is 4.52 Å². The van der Waals surface area contributed by atoms with Gasteiger partial charge in [0.05, 0.1) is 6.54 Å². The Labute approximate surface area is 115 Å². The van der Waals surface area contributed by atoms with E-state index in [1.54, 1.807) is 0 Å². The third kappa shape index (κ3) is 2.11. The fourth-order valence-electron chi connectivity index (χ4n) is 1.95. The molecule has 1 heterocycles. The van der Waals surface area contributed by atoms with Crippen LogP contribution in [0.15, 0.2) is 33.9 Å². The van der Waals surface area contributed by atoms with Crippen molar-refractivity contribution in [2.24, 2.45) is 5.11 Å². The predicted octanol–water partition coefficient (Wildman–Crippen LogP) is 3.21. The van der Waals surface area contributed by atoms with Crippen LogP contribution in [0.4, 0.5) is 0 Å². The molecular formula is C14H11N5O. The minimum atomic E-state index is -0.341. The lowest BCUT2D eigenvalue weighted by Crippen LogP contribution is -2.02. The minimum Gasteiger partial charge on any atom is -0.337 e. The molecule has 0 amide bonds. The Balaban J connectivity index is 1.83. The van der Waals surface area contributed by atoms with Gasteiger partial charge in [-0.05, 0) is 23.9 Å². The molecule has 6 heteroatoms. The highest BCUT2D eigenvalue weighted by Gasteiger charge is 2.48. The molecule has 0 saturated heterocycles. The summed E-state index contributed by atoms with van der Waals surface area (Å²) >= 11 is 0. The SMILES string of the molecule is C#CC1(c2nc(-c3ccc(CN=[N+]=[N-])cc3)no2)CC1. The van der Waals surface area contributed by atoms with Gasteiger partial charge in [-0.1, -0.05) is 40.5 Å². The van der Waals surface area contributed by atoms with Gasteiger partial charge in [-0.3, -0.25) is 0 Å². The summed E-state index contributed by atoms with van der Waals surface area (Å²) in [5, 5.41) is 7.48. The van der Waals surface area contributed by atoms with Crippen molar-refractivity contribution in [1.29, 1.82) is 0 Å². The van der Waals surface area contributed by atoms with Gasteiger partial charge in [0.15, 0.2) is 0 Å². The fraction of sp³-hybridized carbons (Fsp3) is 0.286.